The average molecular weight is 288 g/mol. The summed E-state index contributed by atoms with van der Waals surface area (Å²) in [6.45, 7) is 4.65. The molecule has 0 radical (unpaired) electrons. The van der Waals surface area contributed by atoms with Crippen molar-refractivity contribution in [1.29, 1.82) is 0 Å². The van der Waals surface area contributed by atoms with Gasteiger partial charge in [-0.3, -0.25) is 0 Å². The van der Waals surface area contributed by atoms with Gasteiger partial charge in [-0.25, -0.2) is 12.7 Å². The normalized spacial score (nSPS) is 25.0. The van der Waals surface area contributed by atoms with Gasteiger partial charge in [0.25, 0.3) is 0 Å². The zero-order chi connectivity index (χ0) is 13.7. The highest BCUT2D eigenvalue weighted by molar-refractivity contribution is 7.89. The molecule has 1 aliphatic carbocycles. The van der Waals surface area contributed by atoms with Crippen LogP contribution in [0.3, 0.4) is 0 Å². The SMILES string of the molecule is CCCC1CCN(S(=O)(=O)CCCCNC2CC2)C1. The Labute approximate surface area is 118 Å². The summed E-state index contributed by atoms with van der Waals surface area (Å²) in [4.78, 5) is 0. The zero-order valence-corrected chi connectivity index (χ0v) is 12.9. The van der Waals surface area contributed by atoms with Crippen molar-refractivity contribution in [2.45, 2.75) is 57.9 Å². The maximum atomic E-state index is 12.2. The first-order valence-electron chi connectivity index (χ1n) is 7.83. The van der Waals surface area contributed by atoms with Crippen molar-refractivity contribution in [3.8, 4) is 0 Å². The molecule has 1 aliphatic heterocycles. The van der Waals surface area contributed by atoms with Gasteiger partial charge in [-0.05, 0) is 51.0 Å². The van der Waals surface area contributed by atoms with Crippen LogP contribution in [0.2, 0.25) is 0 Å². The Balaban J connectivity index is 1.63. The van der Waals surface area contributed by atoms with E-state index in [2.05, 4.69) is 12.2 Å². The van der Waals surface area contributed by atoms with Crippen molar-refractivity contribution >= 4 is 10.0 Å². The van der Waals surface area contributed by atoms with Gasteiger partial charge in [0.1, 0.15) is 0 Å². The molecule has 0 spiro atoms. The van der Waals surface area contributed by atoms with E-state index in [9.17, 15) is 8.42 Å². The molecule has 2 rings (SSSR count). The minimum atomic E-state index is -2.99. The van der Waals surface area contributed by atoms with Crippen LogP contribution in [0, 0.1) is 5.92 Å². The third kappa shape index (κ3) is 5.04. The van der Waals surface area contributed by atoms with Crippen LogP contribution < -0.4 is 5.32 Å². The van der Waals surface area contributed by atoms with Crippen molar-refractivity contribution in [3.05, 3.63) is 0 Å². The molecular formula is C14H28N2O2S. The molecule has 0 aromatic heterocycles. The van der Waals surface area contributed by atoms with Gasteiger partial charge in [0.2, 0.25) is 10.0 Å². The van der Waals surface area contributed by atoms with Gasteiger partial charge < -0.3 is 5.32 Å². The largest absolute Gasteiger partial charge is 0.314 e. The Morgan fingerprint density at radius 1 is 1.21 bits per heavy atom. The number of hydrogen-bond acceptors (Lipinski definition) is 3. The van der Waals surface area contributed by atoms with E-state index in [1.165, 1.54) is 12.8 Å². The molecule has 1 heterocycles. The quantitative estimate of drug-likeness (QED) is 0.660. The minimum absolute atomic E-state index is 0.332. The number of hydrogen-bond donors (Lipinski definition) is 1. The highest BCUT2D eigenvalue weighted by atomic mass is 32.2. The summed E-state index contributed by atoms with van der Waals surface area (Å²) in [6, 6.07) is 0.727. The molecule has 0 amide bonds. The molecule has 5 heteroatoms. The second-order valence-corrected chi connectivity index (χ2v) is 8.14. The summed E-state index contributed by atoms with van der Waals surface area (Å²) >= 11 is 0. The number of unbranched alkanes of at least 4 members (excludes halogenated alkanes) is 1. The van der Waals surface area contributed by atoms with Crippen LogP contribution in [0.1, 0.15) is 51.9 Å². The van der Waals surface area contributed by atoms with E-state index < -0.39 is 10.0 Å². The lowest BCUT2D eigenvalue weighted by atomic mass is 10.0. The van der Waals surface area contributed by atoms with Crippen molar-refractivity contribution in [1.82, 2.24) is 9.62 Å². The Hall–Kier alpha value is -0.130. The van der Waals surface area contributed by atoms with Crippen LogP contribution >= 0.6 is 0 Å². The summed E-state index contributed by atoms with van der Waals surface area (Å²) in [5.41, 5.74) is 0. The molecule has 4 nitrogen and oxygen atoms in total. The van der Waals surface area contributed by atoms with Crippen LogP contribution in [0.15, 0.2) is 0 Å². The van der Waals surface area contributed by atoms with Crippen LogP contribution in [-0.4, -0.2) is 44.2 Å². The van der Waals surface area contributed by atoms with Gasteiger partial charge in [-0.1, -0.05) is 13.3 Å². The van der Waals surface area contributed by atoms with E-state index in [-0.39, 0.29) is 0 Å². The van der Waals surface area contributed by atoms with Gasteiger partial charge >= 0.3 is 0 Å². The predicted molar refractivity (Wildman–Crippen MR) is 78.6 cm³/mol. The molecule has 2 fully saturated rings. The second kappa shape index (κ2) is 7.04. The fourth-order valence-corrected chi connectivity index (χ4v) is 4.47. The highest BCUT2D eigenvalue weighted by Crippen LogP contribution is 2.24. The standard InChI is InChI=1S/C14H28N2O2S/c1-2-5-13-8-10-16(12-13)19(17,18)11-4-3-9-15-14-6-7-14/h13-15H,2-12H2,1H3. The summed E-state index contributed by atoms with van der Waals surface area (Å²) in [5, 5.41) is 3.43. The lowest BCUT2D eigenvalue weighted by Gasteiger charge is -2.16. The highest BCUT2D eigenvalue weighted by Gasteiger charge is 2.30. The fourth-order valence-electron chi connectivity index (χ4n) is 2.83. The summed E-state index contributed by atoms with van der Waals surface area (Å²) < 4.78 is 26.1. The molecule has 2 aliphatic rings. The third-order valence-corrected chi connectivity index (χ3v) is 6.10. The molecule has 1 N–H and O–H groups in total. The Bertz CT molecular complexity index is 366. The van der Waals surface area contributed by atoms with E-state index in [1.807, 2.05) is 0 Å². The Morgan fingerprint density at radius 2 is 2.00 bits per heavy atom. The Kier molecular flexibility index (Phi) is 5.66. The lowest BCUT2D eigenvalue weighted by molar-refractivity contribution is 0.443. The molecule has 112 valence electrons. The van der Waals surface area contributed by atoms with Gasteiger partial charge in [-0.15, -0.1) is 0 Å². The average Bonchev–Trinajstić information content (AvgIpc) is 3.06. The number of rotatable bonds is 9. The van der Waals surface area contributed by atoms with Gasteiger partial charge in [0.05, 0.1) is 5.75 Å². The maximum Gasteiger partial charge on any atom is 0.214 e. The van der Waals surface area contributed by atoms with Gasteiger partial charge in [-0.2, -0.15) is 0 Å². The smallest absolute Gasteiger partial charge is 0.214 e. The van der Waals surface area contributed by atoms with Crippen molar-refractivity contribution in [2.75, 3.05) is 25.4 Å². The summed E-state index contributed by atoms with van der Waals surface area (Å²) in [5.74, 6) is 0.925. The van der Waals surface area contributed by atoms with Gasteiger partial charge in [0.15, 0.2) is 0 Å². The summed E-state index contributed by atoms with van der Waals surface area (Å²) in [7, 11) is -2.99. The first-order valence-corrected chi connectivity index (χ1v) is 9.44. The second-order valence-electron chi connectivity index (χ2n) is 6.05. The number of nitrogens with one attached hydrogen (secondary N) is 1. The van der Waals surface area contributed by atoms with E-state index >= 15 is 0 Å². The number of sulfonamides is 1. The molecule has 1 unspecified atom stereocenters. The van der Waals surface area contributed by atoms with Crippen molar-refractivity contribution < 1.29 is 8.42 Å². The van der Waals surface area contributed by atoms with Crippen LogP contribution in [0.4, 0.5) is 0 Å². The molecule has 1 saturated carbocycles. The van der Waals surface area contributed by atoms with Crippen molar-refractivity contribution in [3.63, 3.8) is 0 Å². The molecule has 19 heavy (non-hydrogen) atoms. The van der Waals surface area contributed by atoms with Crippen molar-refractivity contribution in [2.24, 2.45) is 5.92 Å². The fraction of sp³-hybridized carbons (Fsp3) is 1.00. The maximum absolute atomic E-state index is 12.2. The van der Waals surface area contributed by atoms with Crippen LogP contribution in [0.5, 0.6) is 0 Å². The molecule has 1 saturated heterocycles. The summed E-state index contributed by atoms with van der Waals surface area (Å²) in [6.07, 6.45) is 7.73. The van der Waals surface area contributed by atoms with E-state index in [4.69, 9.17) is 0 Å². The Morgan fingerprint density at radius 3 is 2.68 bits per heavy atom. The van der Waals surface area contributed by atoms with E-state index in [1.54, 1.807) is 4.31 Å². The van der Waals surface area contributed by atoms with Gasteiger partial charge in [0, 0.05) is 19.1 Å². The third-order valence-electron chi connectivity index (χ3n) is 4.18. The zero-order valence-electron chi connectivity index (χ0n) is 12.1. The predicted octanol–water partition coefficient (Wildman–Crippen LogP) is 1.97. The van der Waals surface area contributed by atoms with E-state index in [0.717, 1.165) is 57.8 Å². The monoisotopic (exact) mass is 288 g/mol. The lowest BCUT2D eigenvalue weighted by Crippen LogP contribution is -2.31. The number of nitrogens with zero attached hydrogens (tertiary/aromatic N) is 1. The van der Waals surface area contributed by atoms with E-state index in [0.29, 0.717) is 11.7 Å². The van der Waals surface area contributed by atoms with Crippen LogP contribution in [-0.2, 0) is 10.0 Å². The first-order chi connectivity index (χ1) is 9.12. The first kappa shape index (κ1) is 15.3. The minimum Gasteiger partial charge on any atom is -0.314 e. The molecular weight excluding hydrogens is 260 g/mol. The molecule has 0 aromatic rings. The topological polar surface area (TPSA) is 49.4 Å². The van der Waals surface area contributed by atoms with Crippen LogP contribution in [0.25, 0.3) is 0 Å². The molecule has 0 bridgehead atoms. The molecule has 0 aromatic carbocycles. The molecule has 1 atom stereocenters.